The highest BCUT2D eigenvalue weighted by Gasteiger charge is 2.35. The van der Waals surface area contributed by atoms with Gasteiger partial charge in [0.15, 0.2) is 0 Å². The van der Waals surface area contributed by atoms with Crippen molar-refractivity contribution in [1.82, 2.24) is 10.2 Å². The van der Waals surface area contributed by atoms with Crippen LogP contribution in [0.5, 0.6) is 0 Å². The molecule has 1 aliphatic rings. The lowest BCUT2D eigenvalue weighted by atomic mass is 9.96. The molecule has 1 saturated heterocycles. The summed E-state index contributed by atoms with van der Waals surface area (Å²) < 4.78 is 33.1. The summed E-state index contributed by atoms with van der Waals surface area (Å²) in [6, 6.07) is 20.4. The number of amides is 2. The molecule has 3 aromatic carbocycles. The molecule has 1 aromatic heterocycles. The summed E-state index contributed by atoms with van der Waals surface area (Å²) >= 11 is 6.27. The maximum absolute atomic E-state index is 13.5. The second-order valence-electron chi connectivity index (χ2n) is 9.31. The normalized spacial score (nSPS) is 14.9. The fourth-order valence-electron chi connectivity index (χ4n) is 4.60. The molecule has 0 radical (unpaired) electrons. The van der Waals surface area contributed by atoms with Crippen LogP contribution < -0.4 is 5.32 Å². The molecule has 0 bridgehead atoms. The number of hydrogen-bond acceptors (Lipinski definition) is 3. The van der Waals surface area contributed by atoms with E-state index in [2.05, 4.69) is 11.9 Å². The van der Waals surface area contributed by atoms with Gasteiger partial charge in [-0.15, -0.1) is 0 Å². The number of rotatable bonds is 6. The number of benzene rings is 3. The van der Waals surface area contributed by atoms with Crippen LogP contribution in [0.4, 0.5) is 8.78 Å². The second kappa shape index (κ2) is 10.4. The first-order valence-electron chi connectivity index (χ1n) is 12.2. The Kier molecular flexibility index (Phi) is 7.04. The van der Waals surface area contributed by atoms with Crippen LogP contribution in [-0.2, 0) is 11.3 Å². The number of hydrogen-bond donors (Lipinski definition) is 1. The first-order valence-corrected chi connectivity index (χ1v) is 12.6. The Labute approximate surface area is 223 Å². The molecule has 1 N–H and O–H groups in total. The van der Waals surface area contributed by atoms with E-state index in [-0.39, 0.29) is 44.3 Å². The molecule has 1 fully saturated rings. The van der Waals surface area contributed by atoms with E-state index < -0.39 is 5.92 Å². The molecule has 0 saturated carbocycles. The smallest absolute Gasteiger partial charge is 0.253 e. The molecular weight excluding hydrogens is 510 g/mol. The largest absolute Gasteiger partial charge is 0.459 e. The van der Waals surface area contributed by atoms with Crippen LogP contribution >= 0.6 is 11.6 Å². The van der Waals surface area contributed by atoms with E-state index in [1.165, 1.54) is 11.0 Å². The van der Waals surface area contributed by atoms with Crippen LogP contribution in [0.25, 0.3) is 33.2 Å². The highest BCUT2D eigenvalue weighted by molar-refractivity contribution is 6.30. The van der Waals surface area contributed by atoms with E-state index in [1.807, 2.05) is 48.5 Å². The number of furan rings is 1. The SMILES string of the molecule is C=CC(=O)NCc1cc2cc(-c3ccc(C(=O)N4CCC(F)(F)CC4)cc3)cc(-c3cccc(Cl)c3)c2o1. The van der Waals surface area contributed by atoms with Crippen molar-refractivity contribution in [1.29, 1.82) is 0 Å². The average molecular weight is 535 g/mol. The molecule has 0 atom stereocenters. The minimum Gasteiger partial charge on any atom is -0.459 e. The van der Waals surface area contributed by atoms with E-state index in [0.717, 1.165) is 27.6 Å². The van der Waals surface area contributed by atoms with E-state index in [0.29, 0.717) is 21.9 Å². The Bertz CT molecular complexity index is 1520. The van der Waals surface area contributed by atoms with Gasteiger partial charge in [0, 0.05) is 47.5 Å². The first kappa shape index (κ1) is 25.7. The van der Waals surface area contributed by atoms with Crippen molar-refractivity contribution in [3.8, 4) is 22.3 Å². The summed E-state index contributed by atoms with van der Waals surface area (Å²) in [6.07, 6.45) is 0.577. The van der Waals surface area contributed by atoms with Gasteiger partial charge in [-0.1, -0.05) is 42.4 Å². The number of piperidine rings is 1. The number of likely N-dealkylation sites (tertiary alicyclic amines) is 1. The van der Waals surface area contributed by atoms with Gasteiger partial charge in [0.1, 0.15) is 11.3 Å². The van der Waals surface area contributed by atoms with Gasteiger partial charge in [0.2, 0.25) is 5.91 Å². The zero-order valence-electron chi connectivity index (χ0n) is 20.5. The van der Waals surface area contributed by atoms with Gasteiger partial charge in [-0.2, -0.15) is 0 Å². The minimum absolute atomic E-state index is 0.0450. The van der Waals surface area contributed by atoms with Gasteiger partial charge in [0.25, 0.3) is 11.8 Å². The van der Waals surface area contributed by atoms with E-state index in [9.17, 15) is 18.4 Å². The zero-order chi connectivity index (χ0) is 26.9. The molecule has 5 nitrogen and oxygen atoms in total. The van der Waals surface area contributed by atoms with Gasteiger partial charge in [-0.05, 0) is 65.2 Å². The summed E-state index contributed by atoms with van der Waals surface area (Å²) in [5.74, 6) is -2.66. The summed E-state index contributed by atoms with van der Waals surface area (Å²) in [5.41, 5.74) is 4.59. The Morgan fingerprint density at radius 2 is 1.74 bits per heavy atom. The quantitative estimate of drug-likeness (QED) is 0.268. The van der Waals surface area contributed by atoms with E-state index >= 15 is 0 Å². The number of carbonyl (C=O) groups is 2. The van der Waals surface area contributed by atoms with Crippen molar-refractivity contribution in [2.45, 2.75) is 25.3 Å². The molecule has 4 aromatic rings. The molecule has 5 rings (SSSR count). The molecule has 2 heterocycles. The number of halogens is 3. The number of alkyl halides is 2. The molecule has 0 aliphatic carbocycles. The lowest BCUT2D eigenvalue weighted by molar-refractivity contribution is -0.116. The summed E-state index contributed by atoms with van der Waals surface area (Å²) in [5, 5.41) is 4.15. The van der Waals surface area contributed by atoms with Gasteiger partial charge in [-0.3, -0.25) is 9.59 Å². The third-order valence-corrected chi connectivity index (χ3v) is 6.91. The summed E-state index contributed by atoms with van der Waals surface area (Å²) in [7, 11) is 0. The van der Waals surface area contributed by atoms with Crippen LogP contribution in [-0.4, -0.2) is 35.7 Å². The first-order chi connectivity index (χ1) is 18.2. The van der Waals surface area contributed by atoms with Crippen molar-refractivity contribution in [3.63, 3.8) is 0 Å². The van der Waals surface area contributed by atoms with Crippen molar-refractivity contribution in [2.75, 3.05) is 13.1 Å². The third-order valence-electron chi connectivity index (χ3n) is 6.67. The predicted octanol–water partition coefficient (Wildman–Crippen LogP) is 7.09. The van der Waals surface area contributed by atoms with Crippen LogP contribution in [0.15, 0.2) is 83.8 Å². The van der Waals surface area contributed by atoms with Crippen molar-refractivity contribution in [3.05, 3.63) is 95.7 Å². The standard InChI is InChI=1S/C30H25ClF2N2O3/c1-2-27(36)34-18-25-16-23-14-22(17-26(28(23)38-25)21-4-3-5-24(31)15-21)19-6-8-20(9-7-19)29(37)35-12-10-30(32,33)11-13-35/h2-9,14-17H,1,10-13,18H2,(H,34,36). The number of nitrogens with one attached hydrogen (secondary N) is 1. The zero-order valence-corrected chi connectivity index (χ0v) is 21.2. The number of nitrogens with zero attached hydrogens (tertiary/aromatic N) is 1. The van der Waals surface area contributed by atoms with Crippen molar-refractivity contribution < 1.29 is 22.8 Å². The Morgan fingerprint density at radius 3 is 2.42 bits per heavy atom. The van der Waals surface area contributed by atoms with E-state index in [4.69, 9.17) is 16.0 Å². The third kappa shape index (κ3) is 5.48. The number of fused-ring (bicyclic) bond motifs is 1. The van der Waals surface area contributed by atoms with Crippen molar-refractivity contribution >= 4 is 34.4 Å². The Morgan fingerprint density at radius 1 is 1.00 bits per heavy atom. The topological polar surface area (TPSA) is 62.6 Å². The van der Waals surface area contributed by atoms with E-state index in [1.54, 1.807) is 18.2 Å². The lowest BCUT2D eigenvalue weighted by Crippen LogP contribution is -2.42. The summed E-state index contributed by atoms with van der Waals surface area (Å²) in [6.45, 7) is 3.76. The second-order valence-corrected chi connectivity index (χ2v) is 9.75. The van der Waals surface area contributed by atoms with Gasteiger partial charge in [-0.25, -0.2) is 8.78 Å². The molecule has 194 valence electrons. The van der Waals surface area contributed by atoms with Crippen LogP contribution in [0.2, 0.25) is 5.02 Å². The van der Waals surface area contributed by atoms with Gasteiger partial charge < -0.3 is 14.6 Å². The molecule has 0 spiro atoms. The Hall–Kier alpha value is -3.97. The average Bonchev–Trinajstić information content (AvgIpc) is 3.34. The van der Waals surface area contributed by atoms with Crippen LogP contribution in [0.3, 0.4) is 0 Å². The van der Waals surface area contributed by atoms with Gasteiger partial charge >= 0.3 is 0 Å². The highest BCUT2D eigenvalue weighted by atomic mass is 35.5. The molecule has 8 heteroatoms. The monoisotopic (exact) mass is 534 g/mol. The van der Waals surface area contributed by atoms with Crippen molar-refractivity contribution in [2.24, 2.45) is 0 Å². The molecular formula is C30H25ClF2N2O3. The maximum atomic E-state index is 13.5. The molecule has 0 unspecified atom stereocenters. The highest BCUT2D eigenvalue weighted by Crippen LogP contribution is 2.37. The summed E-state index contributed by atoms with van der Waals surface area (Å²) in [4.78, 5) is 26.0. The minimum atomic E-state index is -2.70. The molecule has 2 amide bonds. The predicted molar refractivity (Wildman–Crippen MR) is 144 cm³/mol. The molecule has 38 heavy (non-hydrogen) atoms. The van der Waals surface area contributed by atoms with Crippen LogP contribution in [0, 0.1) is 0 Å². The van der Waals surface area contributed by atoms with Gasteiger partial charge in [0.05, 0.1) is 6.54 Å². The number of carbonyl (C=O) groups excluding carboxylic acids is 2. The fraction of sp³-hybridized carbons (Fsp3) is 0.200. The maximum Gasteiger partial charge on any atom is 0.253 e. The van der Waals surface area contributed by atoms with Crippen LogP contribution in [0.1, 0.15) is 29.0 Å². The lowest BCUT2D eigenvalue weighted by Gasteiger charge is -2.31. The Balaban J connectivity index is 1.48. The fourth-order valence-corrected chi connectivity index (χ4v) is 4.79. The molecule has 1 aliphatic heterocycles.